The van der Waals surface area contributed by atoms with Crippen LogP contribution >= 0.6 is 11.3 Å². The van der Waals surface area contributed by atoms with E-state index < -0.39 is 0 Å². The van der Waals surface area contributed by atoms with Crippen LogP contribution in [0, 0.1) is 0 Å². The molecule has 152 valence electrons. The molecule has 1 heterocycles. The molecule has 1 aliphatic carbocycles. The second kappa shape index (κ2) is 8.45. The molecule has 0 aliphatic heterocycles. The highest BCUT2D eigenvalue weighted by molar-refractivity contribution is 7.11. The van der Waals surface area contributed by atoms with Gasteiger partial charge in [0.15, 0.2) is 0 Å². The Morgan fingerprint density at radius 2 is 1.80 bits per heavy atom. The molecule has 1 aliphatic rings. The summed E-state index contributed by atoms with van der Waals surface area (Å²) >= 11 is 1.79. The summed E-state index contributed by atoms with van der Waals surface area (Å²) in [4.78, 5) is 13.1. The Balaban J connectivity index is 1.62. The average Bonchev–Trinajstić information content (AvgIpc) is 3.27. The summed E-state index contributed by atoms with van der Waals surface area (Å²) in [7, 11) is 0. The zero-order valence-electron chi connectivity index (χ0n) is 17.6. The molecule has 4 rings (SSSR count). The summed E-state index contributed by atoms with van der Waals surface area (Å²) in [6.07, 6.45) is 7.65. The number of thiophene rings is 1. The van der Waals surface area contributed by atoms with Crippen LogP contribution in [0.1, 0.15) is 64.7 Å². The zero-order valence-corrected chi connectivity index (χ0v) is 18.5. The third kappa shape index (κ3) is 4.17. The lowest BCUT2D eigenvalue weighted by Gasteiger charge is -2.32. The SMILES string of the molecule is CCOC(=O)c1ccc(C=Cc2ccc3c(c2)C(c2cccs2)=CCC3(C)C)cc1. The molecule has 3 aromatic rings. The van der Waals surface area contributed by atoms with Crippen molar-refractivity contribution < 1.29 is 9.53 Å². The van der Waals surface area contributed by atoms with E-state index in [9.17, 15) is 4.79 Å². The molecule has 0 N–H and O–H groups in total. The average molecular weight is 415 g/mol. The minimum Gasteiger partial charge on any atom is -0.462 e. The second-order valence-electron chi connectivity index (χ2n) is 8.16. The third-order valence-corrected chi connectivity index (χ3v) is 6.46. The van der Waals surface area contributed by atoms with Crippen molar-refractivity contribution in [2.45, 2.75) is 32.6 Å². The van der Waals surface area contributed by atoms with E-state index in [2.05, 4.69) is 67.8 Å². The molecule has 0 saturated carbocycles. The highest BCUT2D eigenvalue weighted by atomic mass is 32.1. The van der Waals surface area contributed by atoms with Crippen LogP contribution < -0.4 is 0 Å². The summed E-state index contributed by atoms with van der Waals surface area (Å²) in [6.45, 7) is 6.83. The Kier molecular flexibility index (Phi) is 5.74. The van der Waals surface area contributed by atoms with E-state index in [0.717, 1.165) is 12.0 Å². The minimum absolute atomic E-state index is 0.140. The van der Waals surface area contributed by atoms with E-state index in [1.165, 1.54) is 27.1 Å². The summed E-state index contributed by atoms with van der Waals surface area (Å²) in [5.74, 6) is -0.279. The van der Waals surface area contributed by atoms with Gasteiger partial charge in [-0.25, -0.2) is 4.79 Å². The summed E-state index contributed by atoms with van der Waals surface area (Å²) in [5, 5.41) is 2.14. The largest absolute Gasteiger partial charge is 0.462 e. The maximum atomic E-state index is 11.8. The molecular weight excluding hydrogens is 388 g/mol. The van der Waals surface area contributed by atoms with Gasteiger partial charge in [0.05, 0.1) is 12.2 Å². The van der Waals surface area contributed by atoms with Crippen molar-refractivity contribution in [3.05, 3.63) is 98.7 Å². The van der Waals surface area contributed by atoms with Crippen LogP contribution in [-0.2, 0) is 10.2 Å². The van der Waals surface area contributed by atoms with Gasteiger partial charge in [-0.05, 0) is 76.2 Å². The molecule has 0 unspecified atom stereocenters. The molecule has 0 atom stereocenters. The van der Waals surface area contributed by atoms with Gasteiger partial charge in [0.2, 0.25) is 0 Å². The molecule has 2 nitrogen and oxygen atoms in total. The number of hydrogen-bond donors (Lipinski definition) is 0. The first kappa shape index (κ1) is 20.4. The molecule has 0 bridgehead atoms. The van der Waals surface area contributed by atoms with Crippen LogP contribution in [0.15, 0.2) is 66.1 Å². The Morgan fingerprint density at radius 1 is 1.07 bits per heavy atom. The Morgan fingerprint density at radius 3 is 2.50 bits per heavy atom. The lowest BCUT2D eigenvalue weighted by atomic mass is 9.73. The number of fused-ring (bicyclic) bond motifs is 1. The Bertz CT molecular complexity index is 1100. The van der Waals surface area contributed by atoms with E-state index in [1.807, 2.05) is 31.2 Å². The second-order valence-corrected chi connectivity index (χ2v) is 9.11. The molecule has 0 fully saturated rings. The fraction of sp³-hybridized carbons (Fsp3) is 0.222. The van der Waals surface area contributed by atoms with E-state index in [1.54, 1.807) is 11.3 Å². The molecule has 30 heavy (non-hydrogen) atoms. The predicted octanol–water partition coefficient (Wildman–Crippen LogP) is 7.21. The van der Waals surface area contributed by atoms with E-state index in [-0.39, 0.29) is 11.4 Å². The summed E-state index contributed by atoms with van der Waals surface area (Å²) in [6, 6.07) is 18.6. The third-order valence-electron chi connectivity index (χ3n) is 5.56. The molecule has 0 radical (unpaired) electrons. The normalized spacial score (nSPS) is 15.0. The molecule has 3 heteroatoms. The van der Waals surface area contributed by atoms with Crippen molar-refractivity contribution in [3.63, 3.8) is 0 Å². The topological polar surface area (TPSA) is 26.3 Å². The van der Waals surface area contributed by atoms with Gasteiger partial charge in [-0.2, -0.15) is 0 Å². The number of benzene rings is 2. The minimum atomic E-state index is -0.279. The van der Waals surface area contributed by atoms with Crippen molar-refractivity contribution in [2.24, 2.45) is 0 Å². The maximum absolute atomic E-state index is 11.8. The van der Waals surface area contributed by atoms with Crippen LogP contribution in [0.3, 0.4) is 0 Å². The maximum Gasteiger partial charge on any atom is 0.338 e. The Hall–Kier alpha value is -2.91. The molecule has 2 aromatic carbocycles. The van der Waals surface area contributed by atoms with Gasteiger partial charge in [0, 0.05) is 4.88 Å². The number of hydrogen-bond acceptors (Lipinski definition) is 3. The van der Waals surface area contributed by atoms with E-state index >= 15 is 0 Å². The van der Waals surface area contributed by atoms with Crippen LogP contribution in [0.25, 0.3) is 17.7 Å². The highest BCUT2D eigenvalue weighted by Gasteiger charge is 2.28. The van der Waals surface area contributed by atoms with Crippen LogP contribution in [0.2, 0.25) is 0 Å². The molecule has 0 saturated heterocycles. The van der Waals surface area contributed by atoms with Gasteiger partial charge in [-0.3, -0.25) is 0 Å². The molecule has 0 spiro atoms. The quantitative estimate of drug-likeness (QED) is 0.326. The number of ether oxygens (including phenoxy) is 1. The highest BCUT2D eigenvalue weighted by Crippen LogP contribution is 2.42. The lowest BCUT2D eigenvalue weighted by molar-refractivity contribution is 0.0526. The molecule has 0 amide bonds. The van der Waals surface area contributed by atoms with Crippen molar-refractivity contribution in [1.29, 1.82) is 0 Å². The van der Waals surface area contributed by atoms with Crippen molar-refractivity contribution in [2.75, 3.05) is 6.61 Å². The summed E-state index contributed by atoms with van der Waals surface area (Å²) < 4.78 is 5.05. The van der Waals surface area contributed by atoms with Crippen molar-refractivity contribution >= 4 is 35.0 Å². The first-order chi connectivity index (χ1) is 14.5. The summed E-state index contributed by atoms with van der Waals surface area (Å²) in [5.41, 5.74) is 7.02. The van der Waals surface area contributed by atoms with E-state index in [4.69, 9.17) is 4.74 Å². The lowest BCUT2D eigenvalue weighted by Crippen LogP contribution is -2.21. The van der Waals surface area contributed by atoms with Gasteiger partial charge >= 0.3 is 5.97 Å². The van der Waals surface area contributed by atoms with Crippen molar-refractivity contribution in [3.8, 4) is 0 Å². The monoisotopic (exact) mass is 414 g/mol. The zero-order chi connectivity index (χ0) is 21.1. The first-order valence-corrected chi connectivity index (χ1v) is 11.2. The van der Waals surface area contributed by atoms with Gasteiger partial charge < -0.3 is 4.74 Å². The van der Waals surface area contributed by atoms with Gasteiger partial charge in [0.25, 0.3) is 0 Å². The smallest absolute Gasteiger partial charge is 0.338 e. The van der Waals surface area contributed by atoms with Crippen LogP contribution in [-0.4, -0.2) is 12.6 Å². The number of allylic oxidation sites excluding steroid dienone is 1. The number of carbonyl (C=O) groups is 1. The predicted molar refractivity (Wildman–Crippen MR) is 127 cm³/mol. The number of rotatable bonds is 5. The molecular formula is C27H26O2S. The van der Waals surface area contributed by atoms with Gasteiger partial charge in [-0.1, -0.05) is 62.4 Å². The van der Waals surface area contributed by atoms with Gasteiger partial charge in [0.1, 0.15) is 0 Å². The van der Waals surface area contributed by atoms with E-state index in [0.29, 0.717) is 12.2 Å². The molecule has 1 aromatic heterocycles. The fourth-order valence-corrected chi connectivity index (χ4v) is 4.64. The van der Waals surface area contributed by atoms with Gasteiger partial charge in [-0.15, -0.1) is 11.3 Å². The van der Waals surface area contributed by atoms with Crippen LogP contribution in [0.4, 0.5) is 0 Å². The number of carbonyl (C=O) groups excluding carboxylic acids is 1. The Labute approximate surface area is 182 Å². The van der Waals surface area contributed by atoms with Crippen molar-refractivity contribution in [1.82, 2.24) is 0 Å². The fourth-order valence-electron chi connectivity index (χ4n) is 3.86. The number of esters is 1. The first-order valence-electron chi connectivity index (χ1n) is 10.3. The standard InChI is InChI=1S/C27H26O2S/c1-4-29-26(28)21-12-9-19(10-13-21)7-8-20-11-14-24-23(18-20)22(15-16-27(24,2)3)25-6-5-17-30-25/h5-15,17-18H,4,16H2,1-3H3. The van der Waals surface area contributed by atoms with Crippen LogP contribution in [0.5, 0.6) is 0 Å².